The predicted octanol–water partition coefficient (Wildman–Crippen LogP) is -2.08. The van der Waals surface area contributed by atoms with Gasteiger partial charge in [-0.1, -0.05) is 0 Å². The molecule has 0 radical (unpaired) electrons. The molecule has 0 bridgehead atoms. The van der Waals surface area contributed by atoms with Gasteiger partial charge in [-0.25, -0.2) is 21.6 Å². The van der Waals surface area contributed by atoms with Gasteiger partial charge in [0.1, 0.15) is 0 Å². The van der Waals surface area contributed by atoms with Crippen molar-refractivity contribution in [2.75, 3.05) is 31.6 Å². The summed E-state index contributed by atoms with van der Waals surface area (Å²) < 4.78 is 50.2. The van der Waals surface area contributed by atoms with E-state index in [2.05, 4.69) is 4.74 Å². The Kier molecular flexibility index (Phi) is 5.67. The molecule has 0 aliphatic carbocycles. The van der Waals surface area contributed by atoms with Crippen molar-refractivity contribution in [3.63, 3.8) is 0 Å². The van der Waals surface area contributed by atoms with E-state index in [0.29, 0.717) is 0 Å². The van der Waals surface area contributed by atoms with Gasteiger partial charge in [0.15, 0.2) is 14.9 Å². The molecular weight excluding hydrogens is 246 g/mol. The van der Waals surface area contributed by atoms with Crippen LogP contribution in [0.5, 0.6) is 0 Å². The molecule has 0 aromatic heterocycles. The number of rotatable bonds is 7. The van der Waals surface area contributed by atoms with Crippen molar-refractivity contribution < 1.29 is 26.7 Å². The molecule has 0 saturated carbocycles. The van der Waals surface area contributed by atoms with Gasteiger partial charge in [-0.2, -0.15) is 0 Å². The first-order valence-corrected chi connectivity index (χ1v) is 7.69. The number of nitrogens with one attached hydrogen (secondary N) is 1. The van der Waals surface area contributed by atoms with Crippen LogP contribution in [-0.2, 0) is 24.6 Å². The van der Waals surface area contributed by atoms with Crippen LogP contribution in [0.25, 0.3) is 0 Å². The average Bonchev–Trinajstić information content (AvgIpc) is 1.97. The Hall–Kier alpha value is -0.220. The van der Waals surface area contributed by atoms with Crippen LogP contribution >= 0.6 is 0 Å². The molecule has 0 aliphatic rings. The Balaban J connectivity index is 4.18. The summed E-state index contributed by atoms with van der Waals surface area (Å²) in [7, 11) is -6.16. The molecule has 0 aromatic rings. The van der Waals surface area contributed by atoms with Gasteiger partial charge in [-0.15, -0.1) is 0 Å². The van der Waals surface area contributed by atoms with Crippen molar-refractivity contribution in [1.29, 1.82) is 0 Å². The summed E-state index contributed by atoms with van der Waals surface area (Å²) in [6.07, 6.45) is -0.179. The zero-order valence-electron chi connectivity index (χ0n) is 8.50. The Labute approximate surface area is 89.4 Å². The monoisotopic (exact) mass is 261 g/mol. The number of ether oxygens (including phenoxy) is 1. The summed E-state index contributed by atoms with van der Waals surface area (Å²) in [5, 5.41) is 8.12. The zero-order chi connectivity index (χ0) is 12.1. The quantitative estimate of drug-likeness (QED) is 0.544. The van der Waals surface area contributed by atoms with Crippen LogP contribution < -0.4 is 4.72 Å². The average molecular weight is 261 g/mol. The van der Waals surface area contributed by atoms with Gasteiger partial charge in [0.2, 0.25) is 10.0 Å². The molecule has 2 N–H and O–H groups in total. The highest BCUT2D eigenvalue weighted by molar-refractivity contribution is 8.06. The first-order chi connectivity index (χ1) is 6.66. The van der Waals surface area contributed by atoms with Gasteiger partial charge >= 0.3 is 0 Å². The minimum absolute atomic E-state index is 0.0264. The SMILES string of the molecule is COCC(O)CNS(=O)(=O)CS(C)(=O)=O. The number of methoxy groups -OCH3 is 1. The van der Waals surface area contributed by atoms with Crippen molar-refractivity contribution >= 4 is 19.9 Å². The second-order valence-corrected chi connectivity index (χ2v) is 7.43. The van der Waals surface area contributed by atoms with E-state index < -0.39 is 31.0 Å². The lowest BCUT2D eigenvalue weighted by Gasteiger charge is -2.10. The molecule has 1 unspecified atom stereocenters. The predicted molar refractivity (Wildman–Crippen MR) is 54.5 cm³/mol. The first kappa shape index (κ1) is 14.8. The highest BCUT2D eigenvalue weighted by Crippen LogP contribution is 1.92. The molecule has 15 heavy (non-hydrogen) atoms. The van der Waals surface area contributed by atoms with Crippen molar-refractivity contribution in [2.24, 2.45) is 0 Å². The Morgan fingerprint density at radius 3 is 2.27 bits per heavy atom. The molecule has 0 amide bonds. The third kappa shape index (κ3) is 8.75. The molecule has 7 nitrogen and oxygen atoms in total. The number of aliphatic hydroxyl groups excluding tert-OH is 1. The lowest BCUT2D eigenvalue weighted by molar-refractivity contribution is 0.0679. The van der Waals surface area contributed by atoms with Crippen LogP contribution in [0.1, 0.15) is 0 Å². The molecule has 0 fully saturated rings. The van der Waals surface area contributed by atoms with E-state index in [9.17, 15) is 16.8 Å². The van der Waals surface area contributed by atoms with Gasteiger partial charge in [0.05, 0.1) is 12.7 Å². The Morgan fingerprint density at radius 1 is 1.33 bits per heavy atom. The van der Waals surface area contributed by atoms with Crippen LogP contribution in [0.2, 0.25) is 0 Å². The van der Waals surface area contributed by atoms with Crippen molar-refractivity contribution in [3.8, 4) is 0 Å². The third-order valence-electron chi connectivity index (χ3n) is 1.27. The Bertz CT molecular complexity index is 372. The second kappa shape index (κ2) is 5.75. The molecule has 0 rings (SSSR count). The van der Waals surface area contributed by atoms with Crippen molar-refractivity contribution in [2.45, 2.75) is 6.10 Å². The fourth-order valence-electron chi connectivity index (χ4n) is 0.798. The highest BCUT2D eigenvalue weighted by Gasteiger charge is 2.18. The molecule has 0 spiro atoms. The fraction of sp³-hybridized carbons (Fsp3) is 1.00. The maximum Gasteiger partial charge on any atom is 0.226 e. The van der Waals surface area contributed by atoms with Gasteiger partial charge in [0.25, 0.3) is 0 Å². The highest BCUT2D eigenvalue weighted by atomic mass is 32.3. The van der Waals surface area contributed by atoms with Crippen molar-refractivity contribution in [3.05, 3.63) is 0 Å². The van der Waals surface area contributed by atoms with E-state index in [-0.39, 0.29) is 13.2 Å². The Morgan fingerprint density at radius 2 is 1.87 bits per heavy atom. The number of sulfonamides is 1. The molecular formula is C6H15NO6S2. The first-order valence-electron chi connectivity index (χ1n) is 3.98. The largest absolute Gasteiger partial charge is 0.389 e. The fourth-order valence-corrected chi connectivity index (χ4v) is 3.83. The van der Waals surface area contributed by atoms with E-state index in [4.69, 9.17) is 5.11 Å². The smallest absolute Gasteiger partial charge is 0.226 e. The lowest BCUT2D eigenvalue weighted by Crippen LogP contribution is -2.37. The molecule has 0 aromatic carbocycles. The van der Waals surface area contributed by atoms with Gasteiger partial charge in [-0.05, 0) is 0 Å². The summed E-state index contributed by atoms with van der Waals surface area (Å²) in [6.45, 7) is -0.299. The summed E-state index contributed by atoms with van der Waals surface area (Å²) in [5.41, 5.74) is 0. The van der Waals surface area contributed by atoms with Crippen LogP contribution in [0, 0.1) is 0 Å². The summed E-state index contributed by atoms with van der Waals surface area (Å²) in [5.74, 6) is 0. The summed E-state index contributed by atoms with van der Waals surface area (Å²) >= 11 is 0. The normalized spacial score (nSPS) is 15.1. The molecule has 9 heteroatoms. The molecule has 92 valence electrons. The number of hydrogen-bond donors (Lipinski definition) is 2. The van der Waals surface area contributed by atoms with Crippen LogP contribution in [0.3, 0.4) is 0 Å². The third-order valence-corrected chi connectivity index (χ3v) is 4.83. The van der Waals surface area contributed by atoms with Gasteiger partial charge < -0.3 is 9.84 Å². The molecule has 0 aliphatic heterocycles. The van der Waals surface area contributed by atoms with E-state index in [1.807, 2.05) is 4.72 Å². The summed E-state index contributed by atoms with van der Waals surface area (Å²) in [6, 6.07) is 0. The van der Waals surface area contributed by atoms with Gasteiger partial charge in [-0.3, -0.25) is 0 Å². The molecule has 1 atom stereocenters. The lowest BCUT2D eigenvalue weighted by atomic mass is 10.4. The molecule has 0 heterocycles. The van der Waals surface area contributed by atoms with E-state index >= 15 is 0 Å². The maximum atomic E-state index is 11.1. The van der Waals surface area contributed by atoms with Gasteiger partial charge in [0, 0.05) is 19.9 Å². The zero-order valence-corrected chi connectivity index (χ0v) is 10.1. The topological polar surface area (TPSA) is 110 Å². The number of aliphatic hydroxyl groups is 1. The minimum atomic E-state index is -3.91. The molecule has 0 saturated heterocycles. The maximum absolute atomic E-state index is 11.1. The number of hydrogen-bond acceptors (Lipinski definition) is 6. The minimum Gasteiger partial charge on any atom is -0.389 e. The summed E-state index contributed by atoms with van der Waals surface area (Å²) in [4.78, 5) is 0. The van der Waals surface area contributed by atoms with E-state index in [1.54, 1.807) is 0 Å². The number of sulfone groups is 1. The van der Waals surface area contributed by atoms with Crippen LogP contribution in [-0.4, -0.2) is 59.6 Å². The second-order valence-electron chi connectivity index (χ2n) is 3.12. The van der Waals surface area contributed by atoms with Crippen LogP contribution in [0.15, 0.2) is 0 Å². The van der Waals surface area contributed by atoms with Crippen LogP contribution in [0.4, 0.5) is 0 Å². The van der Waals surface area contributed by atoms with E-state index in [1.165, 1.54) is 7.11 Å². The van der Waals surface area contributed by atoms with E-state index in [0.717, 1.165) is 6.26 Å². The van der Waals surface area contributed by atoms with Crippen molar-refractivity contribution in [1.82, 2.24) is 4.72 Å². The standard InChI is InChI=1S/C6H15NO6S2/c1-13-4-6(8)3-7-15(11,12)5-14(2,9)10/h6-8H,3-5H2,1-2H3.